The number of piperidine rings is 1. The Morgan fingerprint density at radius 2 is 1.96 bits per heavy atom. The highest BCUT2D eigenvalue weighted by Gasteiger charge is 2.42. The summed E-state index contributed by atoms with van der Waals surface area (Å²) in [6.45, 7) is 6.15. The zero-order valence-corrected chi connectivity index (χ0v) is 13.3. The lowest BCUT2D eigenvalue weighted by atomic mass is 9.97. The van der Waals surface area contributed by atoms with Gasteiger partial charge in [-0.05, 0) is 44.7 Å². The highest BCUT2D eigenvalue weighted by Crippen LogP contribution is 2.39. The van der Waals surface area contributed by atoms with Crippen molar-refractivity contribution in [3.63, 3.8) is 0 Å². The number of hydrogen-bond donors (Lipinski definition) is 0. The van der Waals surface area contributed by atoms with E-state index in [0.717, 1.165) is 25.7 Å². The molecule has 3 aliphatic rings. The molecule has 1 amide bonds. The first-order valence-corrected chi connectivity index (χ1v) is 8.17. The summed E-state index contributed by atoms with van der Waals surface area (Å²) in [5.74, 6) is 2.08. The molecule has 0 N–H and O–H groups in total. The lowest BCUT2D eigenvalue weighted by Gasteiger charge is -2.37. The Kier molecular flexibility index (Phi) is 3.43. The van der Waals surface area contributed by atoms with Gasteiger partial charge in [-0.3, -0.25) is 4.79 Å². The third kappa shape index (κ3) is 2.54. The van der Waals surface area contributed by atoms with Crippen LogP contribution >= 0.6 is 0 Å². The largest absolute Gasteiger partial charge is 0.481 e. The molecule has 0 saturated carbocycles. The van der Waals surface area contributed by atoms with Crippen LogP contribution < -0.4 is 14.2 Å². The zero-order chi connectivity index (χ0) is 16.0. The minimum absolute atomic E-state index is 0.0719. The van der Waals surface area contributed by atoms with Gasteiger partial charge in [0, 0.05) is 18.2 Å². The molecule has 2 saturated heterocycles. The molecule has 4 rings (SSSR count). The van der Waals surface area contributed by atoms with Crippen LogP contribution in [-0.2, 0) is 4.79 Å². The Morgan fingerprint density at radius 1 is 1.26 bits per heavy atom. The lowest BCUT2D eigenvalue weighted by Crippen LogP contribution is -2.49. The van der Waals surface area contributed by atoms with Crippen molar-refractivity contribution in [1.82, 2.24) is 4.90 Å². The molecule has 2 bridgehead atoms. The molecule has 0 aromatic heterocycles. The molecule has 5 heteroatoms. The predicted octanol–water partition coefficient (Wildman–Crippen LogP) is 2.89. The fraction of sp³-hybridized carbons (Fsp3) is 0.500. The Balaban J connectivity index is 1.46. The number of amides is 1. The predicted molar refractivity (Wildman–Crippen MR) is 84.7 cm³/mol. The van der Waals surface area contributed by atoms with Gasteiger partial charge in [-0.25, -0.2) is 0 Å². The SMILES string of the molecule is C=C1CC2CCC(C1)N2C(=O)C(C)Oc1ccc2c(c1)OCO2. The van der Waals surface area contributed by atoms with E-state index in [2.05, 4.69) is 6.58 Å². The van der Waals surface area contributed by atoms with Crippen molar-refractivity contribution in [2.45, 2.75) is 50.8 Å². The average Bonchev–Trinajstić information content (AvgIpc) is 3.09. The van der Waals surface area contributed by atoms with Crippen molar-refractivity contribution >= 4 is 5.91 Å². The Hall–Kier alpha value is -2.17. The highest BCUT2D eigenvalue weighted by molar-refractivity contribution is 5.82. The first-order valence-electron chi connectivity index (χ1n) is 8.17. The van der Waals surface area contributed by atoms with Crippen molar-refractivity contribution in [3.05, 3.63) is 30.4 Å². The van der Waals surface area contributed by atoms with Gasteiger partial charge in [0.1, 0.15) is 5.75 Å². The van der Waals surface area contributed by atoms with Crippen molar-refractivity contribution < 1.29 is 19.0 Å². The molecular formula is C18H21NO4. The van der Waals surface area contributed by atoms with Gasteiger partial charge in [-0.2, -0.15) is 0 Å². The number of ether oxygens (including phenoxy) is 3. The monoisotopic (exact) mass is 315 g/mol. The van der Waals surface area contributed by atoms with Crippen LogP contribution in [0.5, 0.6) is 17.2 Å². The molecule has 5 nitrogen and oxygen atoms in total. The summed E-state index contributed by atoms with van der Waals surface area (Å²) in [7, 11) is 0. The molecule has 122 valence electrons. The summed E-state index contributed by atoms with van der Waals surface area (Å²) < 4.78 is 16.5. The molecule has 3 aliphatic heterocycles. The minimum atomic E-state index is -0.509. The van der Waals surface area contributed by atoms with Gasteiger partial charge in [0.25, 0.3) is 5.91 Å². The molecular weight excluding hydrogens is 294 g/mol. The Morgan fingerprint density at radius 3 is 2.70 bits per heavy atom. The van der Waals surface area contributed by atoms with Gasteiger partial charge >= 0.3 is 0 Å². The molecule has 0 aliphatic carbocycles. The summed E-state index contributed by atoms with van der Waals surface area (Å²) in [5.41, 5.74) is 1.27. The topological polar surface area (TPSA) is 48.0 Å². The normalized spacial score (nSPS) is 26.3. The minimum Gasteiger partial charge on any atom is -0.481 e. The molecule has 2 fully saturated rings. The molecule has 3 atom stereocenters. The number of nitrogens with zero attached hydrogens (tertiary/aromatic N) is 1. The van der Waals surface area contributed by atoms with Gasteiger partial charge in [-0.15, -0.1) is 0 Å². The van der Waals surface area contributed by atoms with Crippen LogP contribution in [0.25, 0.3) is 0 Å². The van der Waals surface area contributed by atoms with E-state index in [1.165, 1.54) is 5.57 Å². The van der Waals surface area contributed by atoms with Crippen LogP contribution in [0.1, 0.15) is 32.6 Å². The van der Waals surface area contributed by atoms with E-state index in [1.807, 2.05) is 24.0 Å². The van der Waals surface area contributed by atoms with Crippen molar-refractivity contribution in [1.29, 1.82) is 0 Å². The molecule has 3 heterocycles. The number of carbonyl (C=O) groups excluding carboxylic acids is 1. The molecule has 0 spiro atoms. The smallest absolute Gasteiger partial charge is 0.263 e. The summed E-state index contributed by atoms with van der Waals surface area (Å²) in [6.07, 6.45) is 3.50. The van der Waals surface area contributed by atoms with Gasteiger partial charge in [-0.1, -0.05) is 12.2 Å². The summed E-state index contributed by atoms with van der Waals surface area (Å²) in [4.78, 5) is 14.9. The lowest BCUT2D eigenvalue weighted by molar-refractivity contribution is -0.141. The summed E-state index contributed by atoms with van der Waals surface area (Å²) in [5, 5.41) is 0. The second-order valence-electron chi connectivity index (χ2n) is 6.56. The third-order valence-corrected chi connectivity index (χ3v) is 4.93. The maximum absolute atomic E-state index is 12.8. The zero-order valence-electron chi connectivity index (χ0n) is 13.3. The van der Waals surface area contributed by atoms with Crippen LogP contribution in [0.3, 0.4) is 0 Å². The number of rotatable bonds is 3. The summed E-state index contributed by atoms with van der Waals surface area (Å²) >= 11 is 0. The number of fused-ring (bicyclic) bond motifs is 3. The van der Waals surface area contributed by atoms with Crippen molar-refractivity contribution in [3.8, 4) is 17.2 Å². The second kappa shape index (κ2) is 5.48. The van der Waals surface area contributed by atoms with Crippen molar-refractivity contribution in [2.75, 3.05) is 6.79 Å². The molecule has 1 aromatic rings. The van der Waals surface area contributed by atoms with Crippen LogP contribution in [-0.4, -0.2) is 35.8 Å². The van der Waals surface area contributed by atoms with E-state index in [-0.39, 0.29) is 12.7 Å². The maximum atomic E-state index is 12.8. The average molecular weight is 315 g/mol. The highest BCUT2D eigenvalue weighted by atomic mass is 16.7. The standard InChI is InChI=1S/C18H21NO4/c1-11-7-13-3-4-14(8-11)19(13)18(20)12(2)23-15-5-6-16-17(9-15)22-10-21-16/h5-6,9,12-14H,1,3-4,7-8,10H2,2H3. The van der Waals surface area contributed by atoms with E-state index in [1.54, 1.807) is 6.07 Å². The van der Waals surface area contributed by atoms with Crippen LogP contribution in [0.4, 0.5) is 0 Å². The quantitative estimate of drug-likeness (QED) is 0.805. The van der Waals surface area contributed by atoms with Gasteiger partial charge in [0.05, 0.1) is 0 Å². The third-order valence-electron chi connectivity index (χ3n) is 4.93. The molecule has 23 heavy (non-hydrogen) atoms. The fourth-order valence-electron chi connectivity index (χ4n) is 3.89. The first-order chi connectivity index (χ1) is 11.1. The number of hydrogen-bond acceptors (Lipinski definition) is 4. The Labute approximate surface area is 135 Å². The number of benzene rings is 1. The Bertz CT molecular complexity index is 640. The van der Waals surface area contributed by atoms with E-state index < -0.39 is 6.10 Å². The van der Waals surface area contributed by atoms with Crippen molar-refractivity contribution in [2.24, 2.45) is 0 Å². The van der Waals surface area contributed by atoms with E-state index in [4.69, 9.17) is 14.2 Å². The van der Waals surface area contributed by atoms with Gasteiger partial charge < -0.3 is 19.1 Å². The first kappa shape index (κ1) is 14.4. The van der Waals surface area contributed by atoms with Crippen LogP contribution in [0.15, 0.2) is 30.4 Å². The number of carbonyl (C=O) groups is 1. The molecule has 3 unspecified atom stereocenters. The molecule has 1 aromatic carbocycles. The van der Waals surface area contributed by atoms with Gasteiger partial charge in [0.2, 0.25) is 6.79 Å². The fourth-order valence-corrected chi connectivity index (χ4v) is 3.89. The maximum Gasteiger partial charge on any atom is 0.263 e. The van der Waals surface area contributed by atoms with E-state index in [0.29, 0.717) is 29.3 Å². The summed E-state index contributed by atoms with van der Waals surface area (Å²) in [6, 6.07) is 6.00. The van der Waals surface area contributed by atoms with E-state index in [9.17, 15) is 4.79 Å². The molecule has 0 radical (unpaired) electrons. The van der Waals surface area contributed by atoms with Gasteiger partial charge in [0.15, 0.2) is 17.6 Å². The van der Waals surface area contributed by atoms with Crippen LogP contribution in [0, 0.1) is 0 Å². The second-order valence-corrected chi connectivity index (χ2v) is 6.56. The van der Waals surface area contributed by atoms with E-state index >= 15 is 0 Å². The van der Waals surface area contributed by atoms with Crippen LogP contribution in [0.2, 0.25) is 0 Å².